The monoisotopic (exact) mass is 454 g/mol. The van der Waals surface area contributed by atoms with Crippen molar-refractivity contribution in [3.8, 4) is 17.2 Å². The molecule has 0 bridgehead atoms. The minimum atomic E-state index is -1.12. The van der Waals surface area contributed by atoms with Gasteiger partial charge in [0, 0.05) is 0 Å². The fraction of sp³-hybridized carbons (Fsp3) is 0.292. The summed E-state index contributed by atoms with van der Waals surface area (Å²) in [7, 11) is 2.70. The Kier molecular flexibility index (Phi) is 6.21. The van der Waals surface area contributed by atoms with Gasteiger partial charge in [-0.2, -0.15) is 0 Å². The summed E-state index contributed by atoms with van der Waals surface area (Å²) < 4.78 is 32.2. The van der Waals surface area contributed by atoms with Gasteiger partial charge in [-0.1, -0.05) is 18.2 Å². The number of esters is 2. The van der Waals surface area contributed by atoms with E-state index >= 15 is 0 Å². The fourth-order valence-electron chi connectivity index (χ4n) is 3.82. The molecule has 0 spiro atoms. The maximum absolute atomic E-state index is 13.0. The average Bonchev–Trinajstić information content (AvgIpc) is 3.24. The van der Waals surface area contributed by atoms with Gasteiger partial charge in [0.1, 0.15) is 11.3 Å². The highest BCUT2D eigenvalue weighted by molar-refractivity contribution is 5.88. The molecular weight excluding hydrogens is 432 g/mol. The van der Waals surface area contributed by atoms with Gasteiger partial charge in [-0.15, -0.1) is 0 Å². The Bertz CT molecular complexity index is 1260. The largest absolute Gasteiger partial charge is 0.493 e. The molecule has 172 valence electrons. The van der Waals surface area contributed by atoms with Crippen molar-refractivity contribution in [2.24, 2.45) is 0 Å². The second-order valence-corrected chi connectivity index (χ2v) is 7.17. The zero-order chi connectivity index (χ0) is 23.5. The molecule has 0 radical (unpaired) electrons. The van der Waals surface area contributed by atoms with Crippen molar-refractivity contribution in [1.29, 1.82) is 0 Å². The highest BCUT2D eigenvalue weighted by atomic mass is 16.6. The van der Waals surface area contributed by atoms with Crippen LogP contribution in [-0.2, 0) is 19.1 Å². The Balaban J connectivity index is 1.86. The standard InChI is InChI=1S/C24H22O9/c1-4-30-24(27)22-19(13-9-10-16(28-2)17(11-13)31-12-18(25)29-3)20-21(33-22)14-7-5-6-8-15(14)32-23(20)26/h5-11,19,22H,4,12H2,1-3H3. The third-order valence-corrected chi connectivity index (χ3v) is 5.30. The topological polar surface area (TPSA) is 111 Å². The molecule has 0 fully saturated rings. The van der Waals surface area contributed by atoms with Crippen molar-refractivity contribution in [2.75, 3.05) is 27.4 Å². The van der Waals surface area contributed by atoms with Crippen molar-refractivity contribution >= 4 is 22.9 Å². The average molecular weight is 454 g/mol. The maximum Gasteiger partial charge on any atom is 0.348 e. The predicted molar refractivity (Wildman–Crippen MR) is 116 cm³/mol. The SMILES string of the molecule is CCOC(=O)C1Oc2c(c(=O)oc3ccccc23)C1c1ccc(OC)c(OCC(=O)OC)c1. The number of carbonyl (C=O) groups excluding carboxylic acids is 2. The Labute approximate surface area is 188 Å². The fourth-order valence-corrected chi connectivity index (χ4v) is 3.82. The van der Waals surface area contributed by atoms with E-state index in [9.17, 15) is 14.4 Å². The van der Waals surface area contributed by atoms with Crippen LogP contribution in [0.15, 0.2) is 51.7 Å². The third-order valence-electron chi connectivity index (χ3n) is 5.30. The number of hydrogen-bond acceptors (Lipinski definition) is 9. The van der Waals surface area contributed by atoms with Gasteiger partial charge >= 0.3 is 17.6 Å². The lowest BCUT2D eigenvalue weighted by Crippen LogP contribution is -2.32. The van der Waals surface area contributed by atoms with E-state index in [2.05, 4.69) is 4.74 Å². The predicted octanol–water partition coefficient (Wildman–Crippen LogP) is 2.81. The van der Waals surface area contributed by atoms with E-state index in [1.165, 1.54) is 14.2 Å². The molecule has 9 heteroatoms. The van der Waals surface area contributed by atoms with Crippen molar-refractivity contribution in [1.82, 2.24) is 0 Å². The van der Waals surface area contributed by atoms with Crippen LogP contribution in [0.25, 0.3) is 11.0 Å². The Morgan fingerprint density at radius 1 is 1.06 bits per heavy atom. The van der Waals surface area contributed by atoms with Crippen LogP contribution in [0.2, 0.25) is 0 Å². The van der Waals surface area contributed by atoms with Crippen molar-refractivity contribution in [3.05, 3.63) is 64.0 Å². The van der Waals surface area contributed by atoms with Crippen LogP contribution in [0.4, 0.5) is 0 Å². The van der Waals surface area contributed by atoms with E-state index in [-0.39, 0.29) is 30.3 Å². The van der Waals surface area contributed by atoms with Gasteiger partial charge < -0.3 is 28.1 Å². The number of rotatable bonds is 7. The number of fused-ring (bicyclic) bond motifs is 3. The normalized spacial score (nSPS) is 16.6. The van der Waals surface area contributed by atoms with Gasteiger partial charge in [0.25, 0.3) is 0 Å². The summed E-state index contributed by atoms with van der Waals surface area (Å²) in [6.45, 7) is 1.49. The summed E-state index contributed by atoms with van der Waals surface area (Å²) in [5, 5.41) is 0.569. The number of para-hydroxylation sites is 1. The molecule has 3 aromatic rings. The number of benzene rings is 2. The van der Waals surface area contributed by atoms with Crippen LogP contribution in [0.3, 0.4) is 0 Å². The Hall–Kier alpha value is -4.01. The van der Waals surface area contributed by atoms with Crippen LogP contribution in [0, 0.1) is 0 Å². The van der Waals surface area contributed by atoms with E-state index in [1.807, 2.05) is 0 Å². The summed E-state index contributed by atoms with van der Waals surface area (Å²) in [5.74, 6) is -1.14. The second-order valence-electron chi connectivity index (χ2n) is 7.17. The van der Waals surface area contributed by atoms with Gasteiger partial charge in [-0.05, 0) is 36.8 Å². The maximum atomic E-state index is 13.0. The van der Waals surface area contributed by atoms with Gasteiger partial charge in [0.05, 0.1) is 37.7 Å². The Morgan fingerprint density at radius 3 is 2.58 bits per heavy atom. The molecule has 0 saturated heterocycles. The molecule has 33 heavy (non-hydrogen) atoms. The molecule has 0 aliphatic carbocycles. The zero-order valence-electron chi connectivity index (χ0n) is 18.3. The molecule has 2 atom stereocenters. The lowest BCUT2D eigenvalue weighted by molar-refractivity contribution is -0.151. The second kappa shape index (κ2) is 9.23. The molecule has 0 saturated carbocycles. The molecule has 1 aliphatic rings. The first-order chi connectivity index (χ1) is 16.0. The first-order valence-electron chi connectivity index (χ1n) is 10.2. The van der Waals surface area contributed by atoms with Gasteiger partial charge in [-0.3, -0.25) is 0 Å². The molecular formula is C24H22O9. The summed E-state index contributed by atoms with van der Waals surface area (Å²) in [5.41, 5.74) is 0.459. The molecule has 9 nitrogen and oxygen atoms in total. The number of methoxy groups -OCH3 is 2. The van der Waals surface area contributed by atoms with E-state index in [0.29, 0.717) is 22.3 Å². The summed E-state index contributed by atoms with van der Waals surface area (Å²) >= 11 is 0. The quantitative estimate of drug-likeness (QED) is 0.393. The Morgan fingerprint density at radius 2 is 1.85 bits per heavy atom. The van der Waals surface area contributed by atoms with Gasteiger partial charge in [0.2, 0.25) is 6.10 Å². The molecule has 4 rings (SSSR count). The van der Waals surface area contributed by atoms with Crippen molar-refractivity contribution in [2.45, 2.75) is 18.9 Å². The lowest BCUT2D eigenvalue weighted by atomic mass is 9.88. The lowest BCUT2D eigenvalue weighted by Gasteiger charge is -2.19. The van der Waals surface area contributed by atoms with Crippen LogP contribution in [0.5, 0.6) is 17.2 Å². The number of carbonyl (C=O) groups is 2. The van der Waals surface area contributed by atoms with E-state index in [1.54, 1.807) is 49.4 Å². The first kappa shape index (κ1) is 22.2. The van der Waals surface area contributed by atoms with E-state index in [4.69, 9.17) is 23.4 Å². The number of hydrogen-bond donors (Lipinski definition) is 0. The smallest absolute Gasteiger partial charge is 0.348 e. The zero-order valence-corrected chi connectivity index (χ0v) is 18.3. The van der Waals surface area contributed by atoms with Crippen LogP contribution >= 0.6 is 0 Å². The highest BCUT2D eigenvalue weighted by Gasteiger charge is 2.45. The molecule has 2 unspecified atom stereocenters. The number of ether oxygens (including phenoxy) is 5. The molecule has 0 amide bonds. The first-order valence-corrected chi connectivity index (χ1v) is 10.2. The molecule has 1 aromatic heterocycles. The highest BCUT2D eigenvalue weighted by Crippen LogP contribution is 2.46. The van der Waals surface area contributed by atoms with Crippen LogP contribution in [-0.4, -0.2) is 45.5 Å². The summed E-state index contributed by atoms with van der Waals surface area (Å²) in [6.07, 6.45) is -1.12. The van der Waals surface area contributed by atoms with Crippen LogP contribution in [0.1, 0.15) is 24.0 Å². The van der Waals surface area contributed by atoms with Gasteiger partial charge in [0.15, 0.2) is 18.1 Å². The van der Waals surface area contributed by atoms with Crippen molar-refractivity contribution < 1.29 is 37.7 Å². The molecule has 0 N–H and O–H groups in total. The van der Waals surface area contributed by atoms with Crippen LogP contribution < -0.4 is 19.8 Å². The van der Waals surface area contributed by atoms with Gasteiger partial charge in [-0.25, -0.2) is 14.4 Å². The van der Waals surface area contributed by atoms with E-state index in [0.717, 1.165) is 0 Å². The van der Waals surface area contributed by atoms with Crippen molar-refractivity contribution in [3.63, 3.8) is 0 Å². The molecule has 2 heterocycles. The third kappa shape index (κ3) is 4.09. The minimum absolute atomic E-state index is 0.146. The summed E-state index contributed by atoms with van der Waals surface area (Å²) in [4.78, 5) is 37.3. The summed E-state index contributed by atoms with van der Waals surface area (Å²) in [6, 6.07) is 11.8. The van der Waals surface area contributed by atoms with E-state index < -0.39 is 29.6 Å². The minimum Gasteiger partial charge on any atom is -0.493 e. The molecule has 2 aromatic carbocycles. The molecule has 1 aliphatic heterocycles.